The van der Waals surface area contributed by atoms with Crippen molar-refractivity contribution in [2.24, 2.45) is 5.92 Å². The number of rotatable bonds is 6. The summed E-state index contributed by atoms with van der Waals surface area (Å²) in [6.07, 6.45) is -0.991. The second-order valence-corrected chi connectivity index (χ2v) is 8.83. The first-order valence-electron chi connectivity index (χ1n) is 10.4. The Bertz CT molecular complexity index is 1250. The van der Waals surface area contributed by atoms with Gasteiger partial charge in [0.2, 0.25) is 5.95 Å². The third kappa shape index (κ3) is 4.93. The lowest BCUT2D eigenvalue weighted by Gasteiger charge is -2.11. The van der Waals surface area contributed by atoms with Crippen LogP contribution in [0.4, 0.5) is 19.1 Å². The summed E-state index contributed by atoms with van der Waals surface area (Å²) in [4.78, 5) is 19.5. The van der Waals surface area contributed by atoms with Crippen LogP contribution in [0.15, 0.2) is 64.8 Å². The average molecular weight is 472 g/mol. The molecule has 7 nitrogen and oxygen atoms in total. The van der Waals surface area contributed by atoms with Crippen LogP contribution in [0, 0.1) is 5.92 Å². The maximum absolute atomic E-state index is 13.2. The number of nitrogens with one attached hydrogen (secondary N) is 3. The number of hydrogen-bond donors (Lipinski definition) is 3. The quantitative estimate of drug-likeness (QED) is 0.376. The van der Waals surface area contributed by atoms with Gasteiger partial charge in [-0.2, -0.15) is 18.2 Å². The molecule has 33 heavy (non-hydrogen) atoms. The molecular weight excluding hydrogens is 451 g/mol. The minimum Gasteiger partial charge on any atom is -0.355 e. The lowest BCUT2D eigenvalue weighted by Crippen LogP contribution is -2.18. The van der Waals surface area contributed by atoms with Gasteiger partial charge in [-0.3, -0.25) is 4.98 Å². The van der Waals surface area contributed by atoms with Gasteiger partial charge in [-0.15, -0.1) is 0 Å². The minimum atomic E-state index is -4.54. The number of benzene rings is 1. The number of aromatic amines is 1. The van der Waals surface area contributed by atoms with Crippen molar-refractivity contribution in [3.05, 3.63) is 66.1 Å². The fraction of sp³-hybridized carbons (Fsp3) is 0.273. The first-order valence-corrected chi connectivity index (χ1v) is 11.2. The van der Waals surface area contributed by atoms with Crippen LogP contribution in [0.5, 0.6) is 0 Å². The van der Waals surface area contributed by atoms with E-state index in [1.54, 1.807) is 0 Å². The molecule has 1 fully saturated rings. The van der Waals surface area contributed by atoms with E-state index in [4.69, 9.17) is 0 Å². The molecule has 3 N–H and O–H groups in total. The molecule has 0 spiro atoms. The van der Waals surface area contributed by atoms with Gasteiger partial charge in [0.1, 0.15) is 5.03 Å². The third-order valence-corrected chi connectivity index (χ3v) is 6.38. The molecule has 0 radical (unpaired) electrons. The molecule has 0 aliphatic carbocycles. The fourth-order valence-corrected chi connectivity index (χ4v) is 4.73. The molecule has 3 aromatic heterocycles. The number of imidazole rings is 1. The highest BCUT2D eigenvalue weighted by Crippen LogP contribution is 2.37. The number of hydrogen-bond acceptors (Lipinski definition) is 7. The van der Waals surface area contributed by atoms with Crippen LogP contribution < -0.4 is 10.6 Å². The van der Waals surface area contributed by atoms with Crippen LogP contribution in [0.1, 0.15) is 23.7 Å². The molecule has 1 saturated heterocycles. The molecule has 4 heterocycles. The molecule has 4 aromatic rings. The van der Waals surface area contributed by atoms with Gasteiger partial charge < -0.3 is 15.6 Å². The van der Waals surface area contributed by atoms with Crippen molar-refractivity contribution in [2.45, 2.75) is 28.6 Å². The topological polar surface area (TPSA) is 91.4 Å². The highest BCUT2D eigenvalue weighted by Gasteiger charge is 2.35. The molecule has 5 rings (SSSR count). The van der Waals surface area contributed by atoms with Gasteiger partial charge in [-0.25, -0.2) is 9.97 Å². The van der Waals surface area contributed by atoms with Crippen molar-refractivity contribution in [1.29, 1.82) is 0 Å². The van der Waals surface area contributed by atoms with Crippen molar-refractivity contribution >= 4 is 29.0 Å². The van der Waals surface area contributed by atoms with Crippen molar-refractivity contribution in [3.8, 4) is 0 Å². The Labute approximate surface area is 191 Å². The van der Waals surface area contributed by atoms with E-state index in [1.165, 1.54) is 23.9 Å². The van der Waals surface area contributed by atoms with Crippen LogP contribution in [0.25, 0.3) is 11.3 Å². The van der Waals surface area contributed by atoms with Crippen LogP contribution in [0.2, 0.25) is 0 Å². The predicted octanol–water partition coefficient (Wildman–Crippen LogP) is 4.68. The van der Waals surface area contributed by atoms with Crippen molar-refractivity contribution in [3.63, 3.8) is 0 Å². The number of pyridine rings is 1. The number of fused-ring (bicyclic) bond motifs is 1. The number of nitrogens with zero attached hydrogens (tertiary/aromatic N) is 4. The Morgan fingerprint density at radius 2 is 1.91 bits per heavy atom. The zero-order valence-corrected chi connectivity index (χ0v) is 18.1. The Balaban J connectivity index is 1.24. The summed E-state index contributed by atoms with van der Waals surface area (Å²) in [5, 5.41) is 7.16. The van der Waals surface area contributed by atoms with E-state index >= 15 is 0 Å². The Morgan fingerprint density at radius 1 is 1.06 bits per heavy atom. The normalized spacial score (nSPS) is 18.6. The van der Waals surface area contributed by atoms with E-state index in [9.17, 15) is 13.2 Å². The predicted molar refractivity (Wildman–Crippen MR) is 119 cm³/mol. The minimum absolute atomic E-state index is 0.0294. The summed E-state index contributed by atoms with van der Waals surface area (Å²) in [7, 11) is 0. The molecule has 1 aliphatic heterocycles. The van der Waals surface area contributed by atoms with Crippen LogP contribution in [0.3, 0.4) is 0 Å². The molecule has 0 saturated carbocycles. The van der Waals surface area contributed by atoms with Crippen LogP contribution in [-0.2, 0) is 6.18 Å². The van der Waals surface area contributed by atoms with Gasteiger partial charge in [-0.1, -0.05) is 42.1 Å². The third-order valence-electron chi connectivity index (χ3n) is 5.42. The van der Waals surface area contributed by atoms with Crippen molar-refractivity contribution < 1.29 is 13.2 Å². The Kier molecular flexibility index (Phi) is 5.90. The van der Waals surface area contributed by atoms with Gasteiger partial charge in [-0.05, 0) is 30.0 Å². The van der Waals surface area contributed by atoms with E-state index in [0.717, 1.165) is 37.5 Å². The molecular formula is C22H20F3N7S. The molecule has 1 aliphatic rings. The molecule has 0 unspecified atom stereocenters. The first kappa shape index (κ1) is 21.7. The van der Waals surface area contributed by atoms with Crippen molar-refractivity contribution in [2.75, 3.05) is 18.4 Å². The fourth-order valence-electron chi connectivity index (χ4n) is 3.85. The van der Waals surface area contributed by atoms with E-state index in [1.807, 2.05) is 18.2 Å². The smallest absolute Gasteiger partial charge is 0.355 e. The average Bonchev–Trinajstić information content (AvgIpc) is 3.44. The SMILES string of the molecule is FC(F)(F)c1ncccc1Sc1cnc2nc(NC[C@H]3CN[C@@H](c4ccccc4)C3)[nH]c2n1. The van der Waals surface area contributed by atoms with Crippen LogP contribution in [-0.4, -0.2) is 38.0 Å². The van der Waals surface area contributed by atoms with E-state index in [0.29, 0.717) is 34.2 Å². The Morgan fingerprint density at radius 3 is 2.73 bits per heavy atom. The molecule has 0 amide bonds. The van der Waals surface area contributed by atoms with Gasteiger partial charge in [0.05, 0.1) is 6.20 Å². The summed E-state index contributed by atoms with van der Waals surface area (Å²) in [6, 6.07) is 13.5. The summed E-state index contributed by atoms with van der Waals surface area (Å²) < 4.78 is 39.6. The lowest BCUT2D eigenvalue weighted by atomic mass is 10.0. The zero-order chi connectivity index (χ0) is 22.8. The summed E-state index contributed by atoms with van der Waals surface area (Å²) in [6.45, 7) is 1.62. The van der Waals surface area contributed by atoms with Crippen LogP contribution >= 0.6 is 11.8 Å². The lowest BCUT2D eigenvalue weighted by molar-refractivity contribution is -0.143. The molecule has 170 valence electrons. The maximum Gasteiger partial charge on any atom is 0.434 e. The standard InChI is InChI=1S/C22H20F3N7S/c23-22(24,25)18-16(7-4-8-26-18)33-17-12-28-19-20(30-17)32-21(31-19)29-11-13-9-15(27-10-13)14-5-2-1-3-6-14/h1-8,12-13,15,27H,9-11H2,(H2,28,29,30,31,32)/t13-,15-/m1/s1. The molecule has 0 bridgehead atoms. The van der Waals surface area contributed by atoms with Crippen molar-refractivity contribution in [1.82, 2.24) is 30.2 Å². The van der Waals surface area contributed by atoms with Gasteiger partial charge >= 0.3 is 6.18 Å². The summed E-state index contributed by atoms with van der Waals surface area (Å²) >= 11 is 0.865. The number of halogens is 3. The first-order chi connectivity index (χ1) is 16.0. The molecule has 2 atom stereocenters. The van der Waals surface area contributed by atoms with E-state index in [-0.39, 0.29) is 4.90 Å². The van der Waals surface area contributed by atoms with Gasteiger partial charge in [0, 0.05) is 30.2 Å². The summed E-state index contributed by atoms with van der Waals surface area (Å²) in [5.74, 6) is 0.967. The zero-order valence-electron chi connectivity index (χ0n) is 17.3. The second kappa shape index (κ2) is 8.99. The van der Waals surface area contributed by atoms with E-state index < -0.39 is 11.9 Å². The largest absolute Gasteiger partial charge is 0.434 e. The molecule has 1 aromatic carbocycles. The van der Waals surface area contributed by atoms with Gasteiger partial charge in [0.25, 0.3) is 0 Å². The second-order valence-electron chi connectivity index (χ2n) is 7.77. The number of H-pyrrole nitrogens is 1. The monoisotopic (exact) mass is 471 g/mol. The maximum atomic E-state index is 13.2. The van der Waals surface area contributed by atoms with Gasteiger partial charge in [0.15, 0.2) is 17.0 Å². The van der Waals surface area contributed by atoms with E-state index in [2.05, 4.69) is 47.7 Å². The highest BCUT2D eigenvalue weighted by molar-refractivity contribution is 7.99. The number of alkyl halides is 3. The molecule has 11 heteroatoms. The highest BCUT2D eigenvalue weighted by atomic mass is 32.2. The Hall–Kier alpha value is -3.18. The number of anilines is 1. The number of aromatic nitrogens is 5. The summed E-state index contributed by atoms with van der Waals surface area (Å²) in [5.41, 5.74) is 1.15.